The predicted octanol–water partition coefficient (Wildman–Crippen LogP) is 2.92. The van der Waals surface area contributed by atoms with E-state index in [0.717, 1.165) is 27.8 Å². The molecule has 3 rings (SSSR count). The highest BCUT2D eigenvalue weighted by molar-refractivity contribution is 6.12. The zero-order valence-electron chi connectivity index (χ0n) is 10.9. The van der Waals surface area contributed by atoms with E-state index in [-0.39, 0.29) is 18.3 Å². The number of hydrogen-bond acceptors (Lipinski definition) is 2. The summed E-state index contributed by atoms with van der Waals surface area (Å²) < 4.78 is 0. The Balaban J connectivity index is 2.15. The molecule has 0 amide bonds. The molecule has 0 aromatic heterocycles. The van der Waals surface area contributed by atoms with E-state index >= 15 is 0 Å². The van der Waals surface area contributed by atoms with Gasteiger partial charge in [-0.15, -0.1) is 0 Å². The van der Waals surface area contributed by atoms with Gasteiger partial charge in [-0.25, -0.2) is 0 Å². The molecule has 2 nitrogen and oxygen atoms in total. The normalized spacial score (nSPS) is 16.9. The minimum atomic E-state index is 0.100. The van der Waals surface area contributed by atoms with Crippen LogP contribution in [0.1, 0.15) is 45.5 Å². The van der Waals surface area contributed by atoms with E-state index in [1.54, 1.807) is 0 Å². The summed E-state index contributed by atoms with van der Waals surface area (Å²) in [6.07, 6.45) is 0.594. The van der Waals surface area contributed by atoms with Crippen LogP contribution in [-0.2, 0) is 6.42 Å². The molecule has 0 bridgehead atoms. The highest BCUT2D eigenvalue weighted by Crippen LogP contribution is 2.36. The summed E-state index contributed by atoms with van der Waals surface area (Å²) in [7, 11) is 0. The van der Waals surface area contributed by atoms with E-state index in [1.165, 1.54) is 0 Å². The number of fused-ring (bicyclic) bond motifs is 2. The molecule has 0 spiro atoms. The van der Waals surface area contributed by atoms with Gasteiger partial charge in [0.1, 0.15) is 0 Å². The van der Waals surface area contributed by atoms with E-state index in [2.05, 4.69) is 6.92 Å². The van der Waals surface area contributed by atoms with Gasteiger partial charge in [0.05, 0.1) is 0 Å². The first-order valence-electron chi connectivity index (χ1n) is 6.59. The van der Waals surface area contributed by atoms with Gasteiger partial charge in [-0.3, -0.25) is 4.79 Å². The Bertz CT molecular complexity index is 643. The minimum absolute atomic E-state index is 0.100. The van der Waals surface area contributed by atoms with Crippen molar-refractivity contribution in [1.29, 1.82) is 0 Å². The lowest BCUT2D eigenvalue weighted by Crippen LogP contribution is -2.18. The number of benzene rings is 2. The lowest BCUT2D eigenvalue weighted by molar-refractivity contribution is 0.103. The van der Waals surface area contributed by atoms with Gasteiger partial charge < -0.3 is 5.11 Å². The molecule has 0 fully saturated rings. The molecule has 2 aromatic carbocycles. The molecule has 2 heteroatoms. The van der Waals surface area contributed by atoms with Crippen molar-refractivity contribution in [2.45, 2.75) is 19.3 Å². The van der Waals surface area contributed by atoms with Crippen LogP contribution >= 0.6 is 0 Å². The number of carbonyl (C=O) groups is 1. The summed E-state index contributed by atoms with van der Waals surface area (Å²) in [4.78, 5) is 12.5. The predicted molar refractivity (Wildman–Crippen MR) is 74.6 cm³/mol. The van der Waals surface area contributed by atoms with Crippen LogP contribution in [0, 0.1) is 0 Å². The molecule has 0 heterocycles. The number of aliphatic hydroxyl groups excluding tert-OH is 1. The molecule has 1 unspecified atom stereocenters. The maximum absolute atomic E-state index is 12.5. The quantitative estimate of drug-likeness (QED) is 0.892. The van der Waals surface area contributed by atoms with E-state index in [4.69, 9.17) is 5.11 Å². The van der Waals surface area contributed by atoms with Crippen LogP contribution in [0.3, 0.4) is 0 Å². The number of ketones is 1. The Morgan fingerprint density at radius 2 is 1.79 bits per heavy atom. The van der Waals surface area contributed by atoms with Crippen LogP contribution in [0.4, 0.5) is 0 Å². The van der Waals surface area contributed by atoms with E-state index in [0.29, 0.717) is 6.42 Å². The molecule has 19 heavy (non-hydrogen) atoms. The molecule has 2 aromatic rings. The van der Waals surface area contributed by atoms with Crippen molar-refractivity contribution in [1.82, 2.24) is 0 Å². The summed E-state index contributed by atoms with van der Waals surface area (Å²) in [5, 5.41) is 9.01. The van der Waals surface area contributed by atoms with Gasteiger partial charge in [-0.1, -0.05) is 43.3 Å². The fourth-order valence-corrected chi connectivity index (χ4v) is 2.86. The van der Waals surface area contributed by atoms with Gasteiger partial charge >= 0.3 is 0 Å². The first kappa shape index (κ1) is 12.1. The average Bonchev–Trinajstić information content (AvgIpc) is 2.45. The Morgan fingerprint density at radius 3 is 2.58 bits per heavy atom. The molecule has 0 radical (unpaired) electrons. The largest absolute Gasteiger partial charge is 0.396 e. The number of carbonyl (C=O) groups excluding carboxylic acids is 1. The molecule has 0 saturated heterocycles. The third kappa shape index (κ3) is 1.89. The summed E-state index contributed by atoms with van der Waals surface area (Å²) in [5.74, 6) is 0.343. The fourth-order valence-electron chi connectivity index (χ4n) is 2.86. The molecule has 0 aliphatic heterocycles. The van der Waals surface area contributed by atoms with Gasteiger partial charge in [0.25, 0.3) is 0 Å². The zero-order chi connectivity index (χ0) is 13.4. The molecule has 1 aliphatic carbocycles. The van der Waals surface area contributed by atoms with E-state index in [9.17, 15) is 4.79 Å². The van der Waals surface area contributed by atoms with Crippen LogP contribution in [0.25, 0.3) is 0 Å². The summed E-state index contributed by atoms with van der Waals surface area (Å²) in [6.45, 7) is 2.24. The molecule has 0 saturated carbocycles. The maximum Gasteiger partial charge on any atom is 0.193 e. The summed E-state index contributed by atoms with van der Waals surface area (Å²) in [6, 6.07) is 13.8. The second-order valence-corrected chi connectivity index (χ2v) is 5.03. The molecule has 1 atom stereocenters. The van der Waals surface area contributed by atoms with E-state index in [1.807, 2.05) is 42.5 Å². The third-order valence-electron chi connectivity index (χ3n) is 3.90. The Kier molecular flexibility index (Phi) is 2.96. The first-order chi connectivity index (χ1) is 9.22. The van der Waals surface area contributed by atoms with Crippen molar-refractivity contribution in [2.24, 2.45) is 0 Å². The van der Waals surface area contributed by atoms with Crippen LogP contribution < -0.4 is 0 Å². The van der Waals surface area contributed by atoms with Gasteiger partial charge in [0, 0.05) is 23.7 Å². The highest BCUT2D eigenvalue weighted by atomic mass is 16.2. The number of rotatable bonds is 2. The second-order valence-electron chi connectivity index (χ2n) is 5.03. The van der Waals surface area contributed by atoms with Crippen molar-refractivity contribution in [3.8, 4) is 0 Å². The summed E-state index contributed by atoms with van der Waals surface area (Å²) in [5.41, 5.74) is 4.81. The third-order valence-corrected chi connectivity index (χ3v) is 3.90. The Labute approximate surface area is 112 Å². The monoisotopic (exact) mass is 252 g/mol. The van der Waals surface area contributed by atoms with E-state index < -0.39 is 0 Å². The second kappa shape index (κ2) is 4.63. The first-order valence-corrected chi connectivity index (χ1v) is 6.59. The Morgan fingerprint density at radius 1 is 1.05 bits per heavy atom. The summed E-state index contributed by atoms with van der Waals surface area (Å²) >= 11 is 0. The minimum Gasteiger partial charge on any atom is -0.396 e. The van der Waals surface area contributed by atoms with Gasteiger partial charge in [0.2, 0.25) is 0 Å². The van der Waals surface area contributed by atoms with Crippen LogP contribution in [0.5, 0.6) is 0 Å². The van der Waals surface area contributed by atoms with Crippen molar-refractivity contribution in [3.05, 3.63) is 70.3 Å². The molecular weight excluding hydrogens is 236 g/mol. The van der Waals surface area contributed by atoms with Gasteiger partial charge in [-0.05, 0) is 29.2 Å². The fraction of sp³-hybridized carbons (Fsp3) is 0.235. The molecule has 1 aliphatic rings. The average molecular weight is 252 g/mol. The van der Waals surface area contributed by atoms with Gasteiger partial charge in [0.15, 0.2) is 5.78 Å². The van der Waals surface area contributed by atoms with Crippen molar-refractivity contribution >= 4 is 5.78 Å². The topological polar surface area (TPSA) is 37.3 Å². The van der Waals surface area contributed by atoms with Crippen LogP contribution in [0.2, 0.25) is 0 Å². The Hall–Kier alpha value is -1.93. The zero-order valence-corrected chi connectivity index (χ0v) is 10.9. The molecule has 1 N–H and O–H groups in total. The van der Waals surface area contributed by atoms with Gasteiger partial charge in [-0.2, -0.15) is 0 Å². The van der Waals surface area contributed by atoms with Crippen molar-refractivity contribution < 1.29 is 9.90 Å². The van der Waals surface area contributed by atoms with Crippen LogP contribution in [0.15, 0.2) is 42.5 Å². The molecular formula is C17H16O2. The SMILES string of the molecule is CC1c2ccccc2C(=O)c2cc(CCO)ccc21. The highest BCUT2D eigenvalue weighted by Gasteiger charge is 2.27. The lowest BCUT2D eigenvalue weighted by Gasteiger charge is -2.25. The standard InChI is InChI=1S/C17H16O2/c1-11-13-4-2-3-5-15(13)17(19)16-10-12(8-9-18)6-7-14(11)16/h2-7,10-11,18H,8-9H2,1H3. The smallest absolute Gasteiger partial charge is 0.193 e. The van der Waals surface area contributed by atoms with Crippen LogP contribution in [-0.4, -0.2) is 17.5 Å². The van der Waals surface area contributed by atoms with Crippen molar-refractivity contribution in [3.63, 3.8) is 0 Å². The van der Waals surface area contributed by atoms with Crippen molar-refractivity contribution in [2.75, 3.05) is 6.61 Å². The number of aliphatic hydroxyl groups is 1. The molecule has 96 valence electrons. The lowest BCUT2D eigenvalue weighted by atomic mass is 9.78. The maximum atomic E-state index is 12.5. The number of hydrogen-bond donors (Lipinski definition) is 1.